The molecule has 0 aromatic carbocycles. The molecule has 2 aliphatic rings. The summed E-state index contributed by atoms with van der Waals surface area (Å²) in [5.74, 6) is 0.219. The second-order valence-corrected chi connectivity index (χ2v) is 4.34. The maximum absolute atomic E-state index is 11.6. The van der Waals surface area contributed by atoms with Crippen LogP contribution >= 0.6 is 0 Å². The Morgan fingerprint density at radius 3 is 3.07 bits per heavy atom. The number of nitrogens with zero attached hydrogens (tertiary/aromatic N) is 1. The van der Waals surface area contributed by atoms with E-state index in [0.717, 1.165) is 26.0 Å². The highest BCUT2D eigenvalue weighted by Gasteiger charge is 2.31. The van der Waals surface area contributed by atoms with Crippen molar-refractivity contribution in [2.45, 2.75) is 44.9 Å². The Morgan fingerprint density at radius 1 is 1.53 bits per heavy atom. The summed E-state index contributed by atoms with van der Waals surface area (Å²) >= 11 is 0. The van der Waals surface area contributed by atoms with Crippen molar-refractivity contribution in [2.75, 3.05) is 19.7 Å². The molecule has 0 spiro atoms. The standard InChI is InChI=1S/C11H20N2O2/c1-2-10-12-7-11(14)13(10)8-9-5-3-4-6-15-9/h9-10,12H,2-8H2,1H3. The zero-order valence-electron chi connectivity index (χ0n) is 9.37. The summed E-state index contributed by atoms with van der Waals surface area (Å²) in [6.45, 7) is 4.22. The number of nitrogens with one attached hydrogen (secondary N) is 1. The van der Waals surface area contributed by atoms with Crippen LogP contribution in [0.1, 0.15) is 32.6 Å². The van der Waals surface area contributed by atoms with Crippen LogP contribution in [-0.2, 0) is 9.53 Å². The van der Waals surface area contributed by atoms with E-state index in [-0.39, 0.29) is 18.2 Å². The van der Waals surface area contributed by atoms with E-state index in [4.69, 9.17) is 4.74 Å². The number of carbonyl (C=O) groups is 1. The number of hydrogen-bond donors (Lipinski definition) is 1. The Balaban J connectivity index is 1.88. The van der Waals surface area contributed by atoms with Gasteiger partial charge in [-0.25, -0.2) is 0 Å². The molecule has 0 radical (unpaired) electrons. The molecule has 1 amide bonds. The molecule has 2 heterocycles. The number of ether oxygens (including phenoxy) is 1. The number of carbonyl (C=O) groups excluding carboxylic acids is 1. The van der Waals surface area contributed by atoms with Gasteiger partial charge in [0.2, 0.25) is 5.91 Å². The topological polar surface area (TPSA) is 41.6 Å². The summed E-state index contributed by atoms with van der Waals surface area (Å²) in [6, 6.07) is 0. The second kappa shape index (κ2) is 4.94. The Hall–Kier alpha value is -0.610. The van der Waals surface area contributed by atoms with E-state index in [9.17, 15) is 4.79 Å². The van der Waals surface area contributed by atoms with E-state index in [1.165, 1.54) is 12.8 Å². The smallest absolute Gasteiger partial charge is 0.237 e. The third-order valence-electron chi connectivity index (χ3n) is 3.25. The van der Waals surface area contributed by atoms with E-state index in [1.807, 2.05) is 4.90 Å². The van der Waals surface area contributed by atoms with Gasteiger partial charge in [-0.1, -0.05) is 6.92 Å². The van der Waals surface area contributed by atoms with Crippen LogP contribution in [0, 0.1) is 0 Å². The van der Waals surface area contributed by atoms with E-state index in [0.29, 0.717) is 6.54 Å². The first kappa shape index (κ1) is 10.9. The molecule has 0 aromatic rings. The van der Waals surface area contributed by atoms with Crippen LogP contribution in [0.3, 0.4) is 0 Å². The van der Waals surface area contributed by atoms with Crippen molar-refractivity contribution in [3.63, 3.8) is 0 Å². The molecule has 2 atom stereocenters. The molecule has 4 heteroatoms. The minimum Gasteiger partial charge on any atom is -0.376 e. The number of hydrogen-bond acceptors (Lipinski definition) is 3. The molecule has 2 fully saturated rings. The van der Waals surface area contributed by atoms with Crippen molar-refractivity contribution in [3.8, 4) is 0 Å². The molecule has 2 rings (SSSR count). The Morgan fingerprint density at radius 2 is 2.40 bits per heavy atom. The van der Waals surface area contributed by atoms with Crippen LogP contribution in [-0.4, -0.2) is 42.8 Å². The molecular formula is C11H20N2O2. The van der Waals surface area contributed by atoms with Crippen molar-refractivity contribution in [2.24, 2.45) is 0 Å². The lowest BCUT2D eigenvalue weighted by molar-refractivity contribution is -0.130. The largest absolute Gasteiger partial charge is 0.376 e. The van der Waals surface area contributed by atoms with Crippen molar-refractivity contribution in [1.82, 2.24) is 10.2 Å². The first-order valence-corrected chi connectivity index (χ1v) is 5.95. The molecular weight excluding hydrogens is 192 g/mol. The molecule has 0 aromatic heterocycles. The lowest BCUT2D eigenvalue weighted by Crippen LogP contribution is -2.43. The fourth-order valence-electron chi connectivity index (χ4n) is 2.36. The van der Waals surface area contributed by atoms with Gasteiger partial charge in [0.1, 0.15) is 0 Å². The van der Waals surface area contributed by atoms with Gasteiger partial charge in [0.15, 0.2) is 0 Å². The van der Waals surface area contributed by atoms with Gasteiger partial charge in [-0.2, -0.15) is 0 Å². The van der Waals surface area contributed by atoms with E-state index in [1.54, 1.807) is 0 Å². The Bertz CT molecular complexity index is 227. The molecule has 2 saturated heterocycles. The van der Waals surface area contributed by atoms with E-state index >= 15 is 0 Å². The molecule has 0 aliphatic carbocycles. The maximum Gasteiger partial charge on any atom is 0.237 e. The van der Waals surface area contributed by atoms with Gasteiger partial charge >= 0.3 is 0 Å². The summed E-state index contributed by atoms with van der Waals surface area (Å²) < 4.78 is 5.66. The SMILES string of the molecule is CCC1NCC(=O)N1CC1CCCCO1. The zero-order chi connectivity index (χ0) is 10.7. The minimum atomic E-state index is 0.219. The van der Waals surface area contributed by atoms with Crippen LogP contribution in [0.4, 0.5) is 0 Å². The number of amides is 1. The average molecular weight is 212 g/mol. The minimum absolute atomic E-state index is 0.219. The molecule has 2 aliphatic heterocycles. The van der Waals surface area contributed by atoms with Gasteiger partial charge in [-0.05, 0) is 25.7 Å². The van der Waals surface area contributed by atoms with Crippen molar-refractivity contribution < 1.29 is 9.53 Å². The summed E-state index contributed by atoms with van der Waals surface area (Å²) in [4.78, 5) is 13.6. The highest BCUT2D eigenvalue weighted by molar-refractivity contribution is 5.80. The molecule has 86 valence electrons. The van der Waals surface area contributed by atoms with Crippen molar-refractivity contribution in [1.29, 1.82) is 0 Å². The Labute approximate surface area is 91.0 Å². The number of rotatable bonds is 3. The highest BCUT2D eigenvalue weighted by Crippen LogP contribution is 2.17. The molecule has 2 unspecified atom stereocenters. The predicted molar refractivity (Wildman–Crippen MR) is 57.4 cm³/mol. The normalized spacial score (nSPS) is 32.3. The summed E-state index contributed by atoms with van der Waals surface area (Å²) in [5.41, 5.74) is 0. The second-order valence-electron chi connectivity index (χ2n) is 4.34. The molecule has 4 nitrogen and oxygen atoms in total. The summed E-state index contributed by atoms with van der Waals surface area (Å²) in [6.07, 6.45) is 4.95. The van der Waals surface area contributed by atoms with Gasteiger partial charge in [0, 0.05) is 13.2 Å². The molecule has 15 heavy (non-hydrogen) atoms. The average Bonchev–Trinajstić information content (AvgIpc) is 2.62. The van der Waals surface area contributed by atoms with Crippen molar-refractivity contribution >= 4 is 5.91 Å². The lowest BCUT2D eigenvalue weighted by Gasteiger charge is -2.30. The van der Waals surface area contributed by atoms with Gasteiger partial charge in [0.25, 0.3) is 0 Å². The third kappa shape index (κ3) is 2.49. The van der Waals surface area contributed by atoms with Gasteiger partial charge < -0.3 is 9.64 Å². The molecule has 1 N–H and O–H groups in total. The third-order valence-corrected chi connectivity index (χ3v) is 3.25. The molecule has 0 bridgehead atoms. The van der Waals surface area contributed by atoms with Crippen LogP contribution in [0.15, 0.2) is 0 Å². The van der Waals surface area contributed by atoms with Crippen LogP contribution in [0.25, 0.3) is 0 Å². The van der Waals surface area contributed by atoms with Crippen LogP contribution < -0.4 is 5.32 Å². The van der Waals surface area contributed by atoms with Crippen LogP contribution in [0.2, 0.25) is 0 Å². The maximum atomic E-state index is 11.6. The summed E-state index contributed by atoms with van der Waals surface area (Å²) in [7, 11) is 0. The van der Waals surface area contributed by atoms with Gasteiger partial charge in [-0.15, -0.1) is 0 Å². The van der Waals surface area contributed by atoms with E-state index < -0.39 is 0 Å². The monoisotopic (exact) mass is 212 g/mol. The van der Waals surface area contributed by atoms with E-state index in [2.05, 4.69) is 12.2 Å². The predicted octanol–water partition coefficient (Wildman–Crippen LogP) is 0.723. The lowest BCUT2D eigenvalue weighted by atomic mass is 10.1. The van der Waals surface area contributed by atoms with Crippen molar-refractivity contribution in [3.05, 3.63) is 0 Å². The first-order valence-electron chi connectivity index (χ1n) is 5.95. The zero-order valence-corrected chi connectivity index (χ0v) is 9.37. The quantitative estimate of drug-likeness (QED) is 0.749. The fourth-order valence-corrected chi connectivity index (χ4v) is 2.36. The Kier molecular flexibility index (Phi) is 3.59. The molecule has 0 saturated carbocycles. The van der Waals surface area contributed by atoms with Crippen LogP contribution in [0.5, 0.6) is 0 Å². The summed E-state index contributed by atoms with van der Waals surface area (Å²) in [5, 5.41) is 3.22. The fraction of sp³-hybridized carbons (Fsp3) is 0.909. The first-order chi connectivity index (χ1) is 7.31. The van der Waals surface area contributed by atoms with Gasteiger partial charge in [0.05, 0.1) is 18.8 Å². The highest BCUT2D eigenvalue weighted by atomic mass is 16.5. The van der Waals surface area contributed by atoms with Gasteiger partial charge in [-0.3, -0.25) is 10.1 Å².